The monoisotopic (exact) mass is 325 g/mol. The highest BCUT2D eigenvalue weighted by Gasteiger charge is 2.43. The van der Waals surface area contributed by atoms with Crippen LogP contribution in [-0.4, -0.2) is 41.8 Å². The zero-order valence-corrected chi connectivity index (χ0v) is 11.5. The number of hydrogen-bond acceptors (Lipinski definition) is 2. The summed E-state index contributed by atoms with van der Waals surface area (Å²) in [6, 6.07) is 3.93. The highest BCUT2D eigenvalue weighted by Crippen LogP contribution is 2.38. The van der Waals surface area contributed by atoms with Crippen LogP contribution in [0, 0.1) is 11.7 Å². The van der Waals surface area contributed by atoms with Crippen molar-refractivity contribution < 1.29 is 27.5 Å². The van der Waals surface area contributed by atoms with Gasteiger partial charge in [0.15, 0.2) is 0 Å². The molecule has 0 radical (unpaired) electrons. The first-order valence-corrected chi connectivity index (χ1v) is 6.52. The van der Waals surface area contributed by atoms with E-state index in [1.807, 2.05) is 0 Å². The summed E-state index contributed by atoms with van der Waals surface area (Å²) in [6.07, 6.45) is -4.41. The number of carboxylic acid groups (broad SMARTS) is 1. The van der Waals surface area contributed by atoms with Gasteiger partial charge in [0.25, 0.3) is 0 Å². The normalized spacial score (nSPS) is 23.5. The van der Waals surface area contributed by atoms with Gasteiger partial charge in [0.2, 0.25) is 0 Å². The molecule has 0 aromatic heterocycles. The van der Waals surface area contributed by atoms with Crippen LogP contribution in [0.1, 0.15) is 11.5 Å². The smallest absolute Gasteiger partial charge is 0.401 e. The molecule has 0 saturated carbocycles. The van der Waals surface area contributed by atoms with Crippen LogP contribution in [0.15, 0.2) is 18.2 Å². The average Bonchev–Trinajstić information content (AvgIpc) is 2.74. The summed E-state index contributed by atoms with van der Waals surface area (Å²) in [6.45, 7) is -1.56. The van der Waals surface area contributed by atoms with E-state index in [4.69, 9.17) is 11.6 Å². The van der Waals surface area contributed by atoms with Gasteiger partial charge in [0, 0.05) is 19.0 Å². The topological polar surface area (TPSA) is 40.5 Å². The van der Waals surface area contributed by atoms with Gasteiger partial charge in [-0.25, -0.2) is 4.39 Å². The summed E-state index contributed by atoms with van der Waals surface area (Å²) in [4.78, 5) is 12.3. The Balaban J connectivity index is 2.28. The molecular weight excluding hydrogens is 314 g/mol. The van der Waals surface area contributed by atoms with Crippen LogP contribution in [0.3, 0.4) is 0 Å². The summed E-state index contributed by atoms with van der Waals surface area (Å²) in [5.74, 6) is -3.75. The van der Waals surface area contributed by atoms with Gasteiger partial charge < -0.3 is 5.11 Å². The van der Waals surface area contributed by atoms with Crippen molar-refractivity contribution in [1.82, 2.24) is 4.90 Å². The molecule has 0 amide bonds. The van der Waals surface area contributed by atoms with Crippen LogP contribution >= 0.6 is 11.6 Å². The molecular formula is C13H12ClF4NO2. The van der Waals surface area contributed by atoms with Crippen molar-refractivity contribution >= 4 is 17.6 Å². The number of hydrogen-bond donors (Lipinski definition) is 1. The van der Waals surface area contributed by atoms with Crippen molar-refractivity contribution in [2.24, 2.45) is 5.92 Å². The van der Waals surface area contributed by atoms with E-state index >= 15 is 0 Å². The maximum atomic E-state index is 13.5. The quantitative estimate of drug-likeness (QED) is 0.868. The van der Waals surface area contributed by atoms with Crippen molar-refractivity contribution in [3.05, 3.63) is 34.6 Å². The van der Waals surface area contributed by atoms with Crippen LogP contribution in [0.2, 0.25) is 5.02 Å². The Bertz CT molecular complexity index is 549. The standard InChI is InChI=1S/C13H12ClF4NO2/c14-11-7(2-1-3-10(11)15)8-4-19(6-13(16,17)18)5-9(8)12(20)21/h1-3,8-9H,4-6H2,(H,20,21). The molecule has 2 atom stereocenters. The molecule has 1 aliphatic heterocycles. The minimum atomic E-state index is -4.41. The molecule has 1 aromatic carbocycles. The number of benzene rings is 1. The molecule has 8 heteroatoms. The fourth-order valence-electron chi connectivity index (χ4n) is 2.64. The molecule has 21 heavy (non-hydrogen) atoms. The molecule has 0 spiro atoms. The minimum absolute atomic E-state index is 0.125. The van der Waals surface area contributed by atoms with Crippen LogP contribution < -0.4 is 0 Å². The lowest BCUT2D eigenvalue weighted by Gasteiger charge is -2.18. The van der Waals surface area contributed by atoms with Gasteiger partial charge in [0.1, 0.15) is 5.82 Å². The number of halogens is 5. The number of rotatable bonds is 3. The summed E-state index contributed by atoms with van der Waals surface area (Å²) < 4.78 is 50.8. The third-order valence-corrected chi connectivity index (χ3v) is 3.90. The lowest BCUT2D eigenvalue weighted by Crippen LogP contribution is -2.33. The first kappa shape index (κ1) is 16.0. The molecule has 1 aliphatic rings. The van der Waals surface area contributed by atoms with Gasteiger partial charge in [-0.05, 0) is 11.6 Å². The van der Waals surface area contributed by atoms with Crippen LogP contribution in [0.4, 0.5) is 17.6 Å². The first-order chi connectivity index (χ1) is 9.69. The van der Waals surface area contributed by atoms with E-state index in [2.05, 4.69) is 0 Å². The second kappa shape index (κ2) is 5.81. The maximum Gasteiger partial charge on any atom is 0.401 e. The van der Waals surface area contributed by atoms with E-state index in [0.717, 1.165) is 11.0 Å². The third-order valence-electron chi connectivity index (χ3n) is 3.50. The van der Waals surface area contributed by atoms with E-state index in [0.29, 0.717) is 0 Å². The molecule has 0 aliphatic carbocycles. The second-order valence-corrected chi connectivity index (χ2v) is 5.38. The van der Waals surface area contributed by atoms with E-state index in [9.17, 15) is 27.5 Å². The average molecular weight is 326 g/mol. The molecule has 1 saturated heterocycles. The molecule has 3 nitrogen and oxygen atoms in total. The number of carbonyl (C=O) groups is 1. The summed E-state index contributed by atoms with van der Waals surface area (Å²) in [7, 11) is 0. The van der Waals surface area contributed by atoms with Gasteiger partial charge >= 0.3 is 12.1 Å². The van der Waals surface area contributed by atoms with Crippen molar-refractivity contribution in [3.63, 3.8) is 0 Å². The van der Waals surface area contributed by atoms with Crippen LogP contribution in [-0.2, 0) is 4.79 Å². The number of alkyl halides is 3. The lowest BCUT2D eigenvalue weighted by molar-refractivity contribution is -0.147. The zero-order valence-electron chi connectivity index (χ0n) is 10.7. The Labute approximate surface area is 123 Å². The second-order valence-electron chi connectivity index (χ2n) is 5.00. The van der Waals surface area contributed by atoms with Crippen LogP contribution in [0.5, 0.6) is 0 Å². The Morgan fingerprint density at radius 2 is 2.05 bits per heavy atom. The van der Waals surface area contributed by atoms with Gasteiger partial charge in [-0.1, -0.05) is 23.7 Å². The molecule has 1 fully saturated rings. The number of aliphatic carboxylic acids is 1. The zero-order chi connectivity index (χ0) is 15.8. The van der Waals surface area contributed by atoms with Crippen molar-refractivity contribution in [2.45, 2.75) is 12.1 Å². The molecule has 2 rings (SSSR count). The molecule has 1 heterocycles. The minimum Gasteiger partial charge on any atom is -0.481 e. The molecule has 1 N–H and O–H groups in total. The summed E-state index contributed by atoms with van der Waals surface area (Å²) >= 11 is 5.82. The Morgan fingerprint density at radius 3 is 2.62 bits per heavy atom. The van der Waals surface area contributed by atoms with E-state index in [1.54, 1.807) is 0 Å². The molecule has 116 valence electrons. The molecule has 1 aromatic rings. The summed E-state index contributed by atoms with van der Waals surface area (Å²) in [5, 5.41) is 8.94. The Kier molecular flexibility index (Phi) is 4.43. The van der Waals surface area contributed by atoms with Crippen molar-refractivity contribution in [2.75, 3.05) is 19.6 Å². The fourth-order valence-corrected chi connectivity index (χ4v) is 2.91. The largest absolute Gasteiger partial charge is 0.481 e. The van der Waals surface area contributed by atoms with Gasteiger partial charge in [-0.2, -0.15) is 13.2 Å². The Hall–Kier alpha value is -1.34. The predicted molar refractivity (Wildman–Crippen MR) is 67.8 cm³/mol. The third kappa shape index (κ3) is 3.65. The molecule has 2 unspecified atom stereocenters. The SMILES string of the molecule is O=C(O)C1CN(CC(F)(F)F)CC1c1cccc(F)c1Cl. The highest BCUT2D eigenvalue weighted by atomic mass is 35.5. The van der Waals surface area contributed by atoms with Gasteiger partial charge in [-0.15, -0.1) is 0 Å². The van der Waals surface area contributed by atoms with E-state index < -0.39 is 36.3 Å². The Morgan fingerprint density at radius 1 is 1.38 bits per heavy atom. The predicted octanol–water partition coefficient (Wildman–Crippen LogP) is 3.14. The fraction of sp³-hybridized carbons (Fsp3) is 0.462. The number of likely N-dealkylation sites (tertiary alicyclic amines) is 1. The lowest BCUT2D eigenvalue weighted by atomic mass is 9.89. The summed E-state index contributed by atoms with van der Waals surface area (Å²) in [5.41, 5.74) is 0.230. The highest BCUT2D eigenvalue weighted by molar-refractivity contribution is 6.31. The first-order valence-electron chi connectivity index (χ1n) is 6.15. The number of carboxylic acids is 1. The maximum absolute atomic E-state index is 13.5. The van der Waals surface area contributed by atoms with E-state index in [-0.39, 0.29) is 23.7 Å². The van der Waals surface area contributed by atoms with Crippen molar-refractivity contribution in [1.29, 1.82) is 0 Å². The van der Waals surface area contributed by atoms with Gasteiger partial charge in [0.05, 0.1) is 17.5 Å². The molecule has 0 bridgehead atoms. The number of nitrogens with zero attached hydrogens (tertiary/aromatic N) is 1. The van der Waals surface area contributed by atoms with E-state index in [1.165, 1.54) is 12.1 Å². The van der Waals surface area contributed by atoms with Gasteiger partial charge in [-0.3, -0.25) is 9.69 Å². The van der Waals surface area contributed by atoms with Crippen molar-refractivity contribution in [3.8, 4) is 0 Å². The van der Waals surface area contributed by atoms with Crippen LogP contribution in [0.25, 0.3) is 0 Å².